The first-order chi connectivity index (χ1) is 16.4. The number of benzene rings is 3. The fourth-order valence-electron chi connectivity index (χ4n) is 3.49. The first-order valence-corrected chi connectivity index (χ1v) is 16.4. The van der Waals surface area contributed by atoms with Gasteiger partial charge in [0.1, 0.15) is 5.75 Å². The van der Waals surface area contributed by atoms with Crippen LogP contribution < -0.4 is 24.8 Å². The second-order valence-corrected chi connectivity index (χ2v) is 16.7. The summed E-state index contributed by atoms with van der Waals surface area (Å²) in [4.78, 5) is 0. The molecule has 1 N–H and O–H groups in total. The van der Waals surface area contributed by atoms with Crippen molar-refractivity contribution in [1.29, 1.82) is 0 Å². The van der Waals surface area contributed by atoms with Crippen LogP contribution in [0.4, 0.5) is 0 Å². The van der Waals surface area contributed by atoms with E-state index in [0.29, 0.717) is 5.75 Å². The summed E-state index contributed by atoms with van der Waals surface area (Å²) in [5.74, 6) is 0.361. The van der Waals surface area contributed by atoms with Gasteiger partial charge in [-0.15, -0.1) is 6.42 Å². The third kappa shape index (κ3) is 12.6. The average molecular weight is 587 g/mol. The van der Waals surface area contributed by atoms with Gasteiger partial charge in [0.2, 0.25) is 0 Å². The van der Waals surface area contributed by atoms with Crippen molar-refractivity contribution in [3.63, 3.8) is 0 Å². The summed E-state index contributed by atoms with van der Waals surface area (Å²) in [6, 6.07) is 26.6. The predicted octanol–water partition coefficient (Wildman–Crippen LogP) is 2.36. The van der Waals surface area contributed by atoms with Crippen LogP contribution in [-0.4, -0.2) is 17.0 Å². The molecule has 0 aliphatic heterocycles. The molecule has 5 heteroatoms. The molecule has 0 saturated carbocycles. The molecule has 0 fully saturated rings. The van der Waals surface area contributed by atoms with Crippen molar-refractivity contribution in [3.8, 4) is 5.75 Å². The van der Waals surface area contributed by atoms with E-state index in [4.69, 9.17) is 0 Å². The molecule has 37 heavy (non-hydrogen) atoms. The topological polar surface area (TPSA) is 20.2 Å². The quantitative estimate of drug-likeness (QED) is 0.370. The molecule has 1 nitrogen and oxygen atoms in total. The van der Waals surface area contributed by atoms with Gasteiger partial charge in [-0.05, 0) is 35.6 Å². The molecule has 1 aliphatic carbocycles. The first-order valence-electron chi connectivity index (χ1n) is 12.2. The molecular weight excluding hydrogens is 547 g/mol. The zero-order valence-corrected chi connectivity index (χ0v) is 27.1. The molecule has 0 saturated heterocycles. The van der Waals surface area contributed by atoms with Crippen molar-refractivity contribution < 1.29 is 49.9 Å². The molecule has 0 radical (unpaired) electrons. The van der Waals surface area contributed by atoms with Crippen LogP contribution in [0.25, 0.3) is 0 Å². The third-order valence-electron chi connectivity index (χ3n) is 5.56. The molecule has 0 amide bonds. The van der Waals surface area contributed by atoms with Crippen LogP contribution >= 0.6 is 0 Å². The summed E-state index contributed by atoms with van der Waals surface area (Å²) in [6.07, 6.45) is 8.82. The Labute approximate surface area is 249 Å². The standard InChI is InChI=1S/C13H10.C11H16O.C8H13Si.2ClH.Ti/c1-3-7-12(8-4-1)11-13-9-5-2-6-10-13;1-8-5-9(11(2,3)4)7-10(12)6-8;1-9(2,3)8-6-4-5-7-8;;;/h1-10H;5-7,12H,1-4H3;4,6H,5H2,1-3H3;2*1H;/q;;-1;;;+1/p-2. The van der Waals surface area contributed by atoms with Crippen LogP contribution in [0.15, 0.2) is 96.2 Å². The molecule has 0 bridgehead atoms. The van der Waals surface area contributed by atoms with Crippen molar-refractivity contribution in [1.82, 2.24) is 0 Å². The number of aromatic hydroxyl groups is 1. The Morgan fingerprint density at radius 1 is 0.838 bits per heavy atom. The van der Waals surface area contributed by atoms with E-state index in [0.717, 1.165) is 12.0 Å². The number of hydrogen-bond acceptors (Lipinski definition) is 1. The van der Waals surface area contributed by atoms with Gasteiger partial charge in [-0.2, -0.15) is 6.08 Å². The van der Waals surface area contributed by atoms with Gasteiger partial charge < -0.3 is 29.9 Å². The van der Waals surface area contributed by atoms with Crippen LogP contribution in [0.5, 0.6) is 5.75 Å². The van der Waals surface area contributed by atoms with Crippen molar-refractivity contribution >= 4 is 11.9 Å². The summed E-state index contributed by atoms with van der Waals surface area (Å²) in [7, 11) is -1.01. The fraction of sp³-hybridized carbons (Fsp3) is 0.281. The Kier molecular flexibility index (Phi) is 15.6. The van der Waals surface area contributed by atoms with E-state index in [1.807, 2.05) is 25.1 Å². The average Bonchev–Trinajstić information content (AvgIpc) is 3.35. The van der Waals surface area contributed by atoms with E-state index in [1.165, 1.54) is 25.7 Å². The Morgan fingerprint density at radius 2 is 1.32 bits per heavy atom. The van der Waals surface area contributed by atoms with Gasteiger partial charge in [-0.1, -0.05) is 46.5 Å². The van der Waals surface area contributed by atoms with E-state index in [2.05, 4.69) is 133 Å². The fourth-order valence-corrected chi connectivity index (χ4v) is 5.26. The van der Waals surface area contributed by atoms with Crippen molar-refractivity contribution in [3.05, 3.63) is 125 Å². The summed E-state index contributed by atoms with van der Waals surface area (Å²) in [5, 5.41) is 10.8. The van der Waals surface area contributed by atoms with Crippen molar-refractivity contribution in [2.75, 3.05) is 0 Å². The van der Waals surface area contributed by atoms with Crippen LogP contribution in [-0.2, 0) is 25.4 Å². The Bertz CT molecular complexity index is 1100. The third-order valence-corrected chi connectivity index (χ3v) is 8.42. The van der Waals surface area contributed by atoms with E-state index in [-0.39, 0.29) is 30.2 Å². The molecule has 0 aromatic heterocycles. The summed E-state index contributed by atoms with van der Waals surface area (Å²) in [6.45, 7) is 15.5. The molecule has 0 spiro atoms. The molecule has 3 aromatic carbocycles. The molecule has 1 aliphatic rings. The molecule has 0 unspecified atom stereocenters. The number of halogens is 2. The minimum absolute atomic E-state index is 0. The second-order valence-electron chi connectivity index (χ2n) is 10.9. The van der Waals surface area contributed by atoms with Gasteiger partial charge in [-0.25, -0.2) is 11.3 Å². The zero-order chi connectivity index (χ0) is 26.1. The maximum absolute atomic E-state index is 9.36. The van der Waals surface area contributed by atoms with E-state index in [9.17, 15) is 5.11 Å². The first kappa shape index (κ1) is 35.3. The van der Waals surface area contributed by atoms with Gasteiger partial charge in [0.15, 0.2) is 0 Å². The molecule has 0 heterocycles. The normalized spacial score (nSPS) is 12.0. The van der Waals surface area contributed by atoms with E-state index >= 15 is 0 Å². The molecule has 197 valence electrons. The summed E-state index contributed by atoms with van der Waals surface area (Å²) in [5.41, 5.74) is 4.99. The van der Waals surface area contributed by atoms with Crippen LogP contribution in [0.2, 0.25) is 19.6 Å². The molecule has 3 aromatic rings. The number of rotatable bonds is 3. The number of aryl methyl sites for hydroxylation is 1. The van der Waals surface area contributed by atoms with Crippen LogP contribution in [0, 0.1) is 13.0 Å². The second kappa shape index (κ2) is 16.3. The number of allylic oxidation sites excluding steroid dienone is 4. The van der Waals surface area contributed by atoms with Gasteiger partial charge in [0.05, 0.1) is 0 Å². The van der Waals surface area contributed by atoms with Crippen molar-refractivity contribution in [2.24, 2.45) is 0 Å². The molecular formula is C32H39Cl2OSiTi-2. The monoisotopic (exact) mass is 585 g/mol. The molecule has 4 rings (SSSR count). The Balaban J connectivity index is 0.000000523. The van der Waals surface area contributed by atoms with Gasteiger partial charge in [0, 0.05) is 8.07 Å². The van der Waals surface area contributed by atoms with Gasteiger partial charge in [-0.3, -0.25) is 6.08 Å². The van der Waals surface area contributed by atoms with Crippen LogP contribution in [0.1, 0.15) is 49.4 Å². The maximum atomic E-state index is 9.36. The van der Waals surface area contributed by atoms with E-state index < -0.39 is 8.07 Å². The minimum atomic E-state index is -1.01. The molecule has 0 atom stereocenters. The number of phenolic OH excluding ortho intramolecular Hbond substituents is 1. The summed E-state index contributed by atoms with van der Waals surface area (Å²) >= 11 is 2.16. The number of hydrogen-bond donors (Lipinski definition) is 1. The van der Waals surface area contributed by atoms with Gasteiger partial charge >= 0.3 is 95.6 Å². The SMILES string of the molecule is C[Si](C)(C)C1=[C-]CC=C1.Cc1cc(O)cc(C(C)(C)C)c1.[Cl-].[Cl-].[Ti+]=[C](c1ccccc1)c1ccccc1. The Hall–Kier alpha value is -1.68. The van der Waals surface area contributed by atoms with Crippen molar-refractivity contribution in [2.45, 2.75) is 59.2 Å². The number of phenols is 1. The predicted molar refractivity (Wildman–Crippen MR) is 151 cm³/mol. The van der Waals surface area contributed by atoms with Crippen LogP contribution in [0.3, 0.4) is 0 Å². The summed E-state index contributed by atoms with van der Waals surface area (Å²) < 4.78 is 1.33. The zero-order valence-electron chi connectivity index (χ0n) is 23.1. The Morgan fingerprint density at radius 3 is 1.65 bits per heavy atom. The van der Waals surface area contributed by atoms with Gasteiger partial charge in [0.25, 0.3) is 0 Å². The van der Waals surface area contributed by atoms with E-state index in [1.54, 1.807) is 6.07 Å².